The second kappa shape index (κ2) is 6.34. The van der Waals surface area contributed by atoms with Gasteiger partial charge in [0.1, 0.15) is 5.75 Å². The Morgan fingerprint density at radius 1 is 1.10 bits per heavy atom. The number of hydrogen-bond acceptors (Lipinski definition) is 4. The van der Waals surface area contributed by atoms with Crippen LogP contribution in [-0.4, -0.2) is 4.92 Å². The molecule has 0 aliphatic heterocycles. The van der Waals surface area contributed by atoms with Gasteiger partial charge >= 0.3 is 5.69 Å². The van der Waals surface area contributed by atoms with Gasteiger partial charge in [-0.15, -0.1) is 0 Å². The fourth-order valence-corrected chi connectivity index (χ4v) is 2.40. The molecule has 2 aromatic rings. The molecule has 0 unspecified atom stereocenters. The highest BCUT2D eigenvalue weighted by Gasteiger charge is 2.17. The van der Waals surface area contributed by atoms with E-state index in [1.165, 1.54) is 6.07 Å². The van der Waals surface area contributed by atoms with Crippen LogP contribution in [0.25, 0.3) is 0 Å². The number of hydrogen-bond donors (Lipinski definition) is 1. The predicted molar refractivity (Wildman–Crippen MR) is 82.9 cm³/mol. The first-order valence-electron chi connectivity index (χ1n) is 5.61. The highest BCUT2D eigenvalue weighted by molar-refractivity contribution is 9.10. The number of nitro groups is 1. The Labute approximate surface area is 132 Å². The molecule has 0 saturated carbocycles. The molecule has 0 fully saturated rings. The smallest absolute Gasteiger partial charge is 0.312 e. The van der Waals surface area contributed by atoms with Crippen molar-refractivity contribution in [2.75, 3.05) is 0 Å². The molecule has 0 amide bonds. The van der Waals surface area contributed by atoms with Crippen molar-refractivity contribution >= 4 is 37.5 Å². The van der Waals surface area contributed by atoms with Crippen LogP contribution in [0.1, 0.15) is 5.56 Å². The topological polar surface area (TPSA) is 78.4 Å². The average molecular weight is 402 g/mol. The van der Waals surface area contributed by atoms with Gasteiger partial charge in [0.15, 0.2) is 0 Å². The molecule has 0 atom stereocenters. The molecule has 0 spiro atoms. The van der Waals surface area contributed by atoms with Crippen molar-refractivity contribution in [2.45, 2.75) is 6.54 Å². The minimum Gasteiger partial charge on any atom is -0.450 e. The van der Waals surface area contributed by atoms with Crippen molar-refractivity contribution in [3.05, 3.63) is 61.0 Å². The van der Waals surface area contributed by atoms with Crippen molar-refractivity contribution in [3.63, 3.8) is 0 Å². The number of halogens is 2. The van der Waals surface area contributed by atoms with E-state index in [1.807, 2.05) is 6.07 Å². The summed E-state index contributed by atoms with van der Waals surface area (Å²) in [6, 6.07) is 9.96. The fraction of sp³-hybridized carbons (Fsp3) is 0.0769. The Balaban J connectivity index is 2.42. The molecule has 0 bridgehead atoms. The number of rotatable bonds is 4. The van der Waals surface area contributed by atoms with Gasteiger partial charge in [0.2, 0.25) is 5.75 Å². The summed E-state index contributed by atoms with van der Waals surface area (Å²) in [5, 5.41) is 11.0. The average Bonchev–Trinajstić information content (AvgIpc) is 2.42. The van der Waals surface area contributed by atoms with Crippen molar-refractivity contribution in [1.29, 1.82) is 0 Å². The van der Waals surface area contributed by atoms with Crippen LogP contribution in [0.5, 0.6) is 11.5 Å². The molecule has 0 radical (unpaired) electrons. The van der Waals surface area contributed by atoms with Gasteiger partial charge in [-0.25, -0.2) is 0 Å². The van der Waals surface area contributed by atoms with Gasteiger partial charge in [-0.2, -0.15) is 0 Å². The minimum atomic E-state index is -0.485. The molecule has 2 N–H and O–H groups in total. The highest BCUT2D eigenvalue weighted by Crippen LogP contribution is 2.35. The summed E-state index contributed by atoms with van der Waals surface area (Å²) in [4.78, 5) is 10.6. The van der Waals surface area contributed by atoms with Gasteiger partial charge in [0.05, 0.1) is 4.92 Å². The van der Waals surface area contributed by atoms with Crippen LogP contribution >= 0.6 is 31.9 Å². The molecule has 20 heavy (non-hydrogen) atoms. The van der Waals surface area contributed by atoms with Crippen LogP contribution in [0.4, 0.5) is 5.69 Å². The predicted octanol–water partition coefficient (Wildman–Crippen LogP) is 4.37. The number of benzene rings is 2. The van der Waals surface area contributed by atoms with Crippen LogP contribution in [-0.2, 0) is 6.54 Å². The molecular weight excluding hydrogens is 392 g/mol. The zero-order valence-electron chi connectivity index (χ0n) is 10.2. The molecule has 0 heterocycles. The molecule has 2 aromatic carbocycles. The minimum absolute atomic E-state index is 0.106. The van der Waals surface area contributed by atoms with Gasteiger partial charge in [0, 0.05) is 27.1 Å². The second-order valence-corrected chi connectivity index (χ2v) is 5.76. The molecule has 0 aliphatic rings. The molecule has 0 saturated heterocycles. The summed E-state index contributed by atoms with van der Waals surface area (Å²) in [6.07, 6.45) is 0. The van der Waals surface area contributed by atoms with Gasteiger partial charge in [0.25, 0.3) is 0 Å². The zero-order chi connectivity index (χ0) is 14.7. The molecule has 2 rings (SSSR count). The van der Waals surface area contributed by atoms with Crippen LogP contribution in [0.15, 0.2) is 45.3 Å². The Hall–Kier alpha value is -1.44. The van der Waals surface area contributed by atoms with Gasteiger partial charge in [-0.05, 0) is 30.3 Å². The molecule has 5 nitrogen and oxygen atoms in total. The number of ether oxygens (including phenoxy) is 1. The van der Waals surface area contributed by atoms with Crippen molar-refractivity contribution in [3.8, 4) is 11.5 Å². The SMILES string of the molecule is NCc1cc(Br)ccc1Oc1ccc(Br)cc1[N+](=O)[O-]. The zero-order valence-corrected chi connectivity index (χ0v) is 13.3. The van der Waals surface area contributed by atoms with E-state index in [2.05, 4.69) is 31.9 Å². The van der Waals surface area contributed by atoms with E-state index in [-0.39, 0.29) is 18.0 Å². The number of nitro benzene ring substituents is 1. The summed E-state index contributed by atoms with van der Waals surface area (Å²) in [5.74, 6) is 0.677. The van der Waals surface area contributed by atoms with E-state index < -0.39 is 4.92 Å². The Morgan fingerprint density at radius 3 is 2.30 bits per heavy atom. The third kappa shape index (κ3) is 3.36. The van der Waals surface area contributed by atoms with E-state index in [0.717, 1.165) is 10.0 Å². The third-order valence-electron chi connectivity index (χ3n) is 2.58. The Morgan fingerprint density at radius 2 is 1.70 bits per heavy atom. The first-order chi connectivity index (χ1) is 9.51. The Bertz CT molecular complexity index is 662. The lowest BCUT2D eigenvalue weighted by atomic mass is 10.2. The second-order valence-electron chi connectivity index (χ2n) is 3.93. The van der Waals surface area contributed by atoms with Crippen LogP contribution < -0.4 is 10.5 Å². The maximum Gasteiger partial charge on any atom is 0.312 e. The summed E-state index contributed by atoms with van der Waals surface area (Å²) < 4.78 is 7.13. The van der Waals surface area contributed by atoms with E-state index in [0.29, 0.717) is 10.2 Å². The number of nitrogens with zero attached hydrogens (tertiary/aromatic N) is 1. The molecule has 7 heteroatoms. The largest absolute Gasteiger partial charge is 0.450 e. The first kappa shape index (κ1) is 15.0. The highest BCUT2D eigenvalue weighted by atomic mass is 79.9. The van der Waals surface area contributed by atoms with Crippen molar-refractivity contribution in [1.82, 2.24) is 0 Å². The van der Waals surface area contributed by atoms with Gasteiger partial charge in [-0.1, -0.05) is 31.9 Å². The lowest BCUT2D eigenvalue weighted by molar-refractivity contribution is -0.385. The van der Waals surface area contributed by atoms with Crippen LogP contribution in [0.2, 0.25) is 0 Å². The summed E-state index contributed by atoms with van der Waals surface area (Å²) >= 11 is 6.55. The van der Waals surface area contributed by atoms with E-state index >= 15 is 0 Å². The van der Waals surface area contributed by atoms with E-state index in [1.54, 1.807) is 24.3 Å². The molecule has 0 aromatic heterocycles. The maximum absolute atomic E-state index is 11.0. The third-order valence-corrected chi connectivity index (χ3v) is 3.57. The molecule has 104 valence electrons. The normalized spacial score (nSPS) is 10.3. The number of nitrogens with two attached hydrogens (primary N) is 1. The van der Waals surface area contributed by atoms with Crippen molar-refractivity contribution in [2.24, 2.45) is 5.73 Å². The monoisotopic (exact) mass is 400 g/mol. The van der Waals surface area contributed by atoms with Crippen molar-refractivity contribution < 1.29 is 9.66 Å². The lowest BCUT2D eigenvalue weighted by Crippen LogP contribution is -2.00. The van der Waals surface area contributed by atoms with Crippen LogP contribution in [0.3, 0.4) is 0 Å². The van der Waals surface area contributed by atoms with E-state index in [4.69, 9.17) is 10.5 Å². The lowest BCUT2D eigenvalue weighted by Gasteiger charge is -2.10. The quantitative estimate of drug-likeness (QED) is 0.609. The maximum atomic E-state index is 11.0. The molecule has 0 aliphatic carbocycles. The first-order valence-corrected chi connectivity index (χ1v) is 7.20. The van der Waals surface area contributed by atoms with Gasteiger partial charge < -0.3 is 10.5 Å². The van der Waals surface area contributed by atoms with Gasteiger partial charge in [-0.3, -0.25) is 10.1 Å². The Kier molecular flexibility index (Phi) is 4.74. The van der Waals surface area contributed by atoms with Crippen LogP contribution in [0, 0.1) is 10.1 Å². The fourth-order valence-electron chi connectivity index (χ4n) is 1.65. The summed E-state index contributed by atoms with van der Waals surface area (Å²) in [7, 11) is 0. The standard InChI is InChI=1S/C13H10Br2N2O3/c14-9-1-3-12(8(5-9)7-16)20-13-4-2-10(15)6-11(13)17(18)19/h1-6H,7,16H2. The van der Waals surface area contributed by atoms with E-state index in [9.17, 15) is 10.1 Å². The summed E-state index contributed by atoms with van der Waals surface area (Å²) in [5.41, 5.74) is 6.31. The molecular formula is C13H10Br2N2O3. The summed E-state index contributed by atoms with van der Waals surface area (Å²) in [6.45, 7) is 0.277.